The van der Waals surface area contributed by atoms with E-state index >= 15 is 0 Å². The van der Waals surface area contributed by atoms with Crippen LogP contribution in [0.5, 0.6) is 0 Å². The minimum Gasteiger partial charge on any atom is -0.353 e. The molecule has 1 aliphatic heterocycles. The molecule has 1 amide bonds. The van der Waals surface area contributed by atoms with Crippen LogP contribution < -0.4 is 5.32 Å². The molecule has 0 radical (unpaired) electrons. The highest BCUT2D eigenvalue weighted by Gasteiger charge is 2.55. The van der Waals surface area contributed by atoms with Gasteiger partial charge in [0.2, 0.25) is 5.91 Å². The van der Waals surface area contributed by atoms with Crippen molar-refractivity contribution in [2.45, 2.75) is 19.4 Å². The van der Waals surface area contributed by atoms with Gasteiger partial charge in [0.05, 0.1) is 0 Å². The fourth-order valence-electron chi connectivity index (χ4n) is 4.45. The van der Waals surface area contributed by atoms with Gasteiger partial charge in [-0.05, 0) is 66.5 Å². The van der Waals surface area contributed by atoms with E-state index in [1.165, 1.54) is 17.7 Å². The molecule has 4 rings (SSSR count). The predicted octanol–water partition coefficient (Wildman–Crippen LogP) is 3.68. The van der Waals surface area contributed by atoms with E-state index in [2.05, 4.69) is 22.1 Å². The van der Waals surface area contributed by atoms with Gasteiger partial charge in [-0.2, -0.15) is 0 Å². The van der Waals surface area contributed by atoms with Crippen molar-refractivity contribution in [1.29, 1.82) is 0 Å². The molecule has 1 aliphatic carbocycles. The minimum absolute atomic E-state index is 0.0544. The first-order valence-corrected chi connectivity index (χ1v) is 9.97. The van der Waals surface area contributed by atoms with E-state index in [-0.39, 0.29) is 11.7 Å². The van der Waals surface area contributed by atoms with Gasteiger partial charge in [-0.25, -0.2) is 4.39 Å². The Bertz CT molecular complexity index is 825. The molecule has 146 valence electrons. The number of carbonyl (C=O) groups is 1. The second-order valence-corrected chi connectivity index (χ2v) is 7.87. The number of rotatable bonds is 7. The Labute approximate surface area is 165 Å². The molecular weight excluding hydrogens is 353 g/mol. The maximum absolute atomic E-state index is 13.1. The van der Waals surface area contributed by atoms with Crippen LogP contribution in [0.3, 0.4) is 0 Å². The molecule has 4 atom stereocenters. The van der Waals surface area contributed by atoms with Gasteiger partial charge in [0.1, 0.15) is 5.82 Å². The minimum atomic E-state index is -0.183. The fourth-order valence-corrected chi connectivity index (χ4v) is 4.45. The van der Waals surface area contributed by atoms with Crippen LogP contribution in [-0.4, -0.2) is 35.4 Å². The van der Waals surface area contributed by atoms with Gasteiger partial charge in [0.15, 0.2) is 0 Å². The number of amides is 1. The third-order valence-electron chi connectivity index (χ3n) is 6.19. The molecule has 1 saturated carbocycles. The van der Waals surface area contributed by atoms with Gasteiger partial charge < -0.3 is 5.32 Å². The zero-order chi connectivity index (χ0) is 19.5. The Morgan fingerprint density at radius 2 is 2.04 bits per heavy atom. The lowest BCUT2D eigenvalue weighted by Gasteiger charge is -2.27. The third kappa shape index (κ3) is 4.30. The summed E-state index contributed by atoms with van der Waals surface area (Å²) >= 11 is 0. The average Bonchev–Trinajstić information content (AvgIpc) is 3.16. The molecule has 1 N–H and O–H groups in total. The van der Waals surface area contributed by atoms with Crippen LogP contribution in [-0.2, 0) is 4.79 Å². The van der Waals surface area contributed by atoms with Crippen molar-refractivity contribution in [2.75, 3.05) is 19.6 Å². The number of halogens is 1. The summed E-state index contributed by atoms with van der Waals surface area (Å²) in [6, 6.07) is 10.9. The molecule has 1 saturated heterocycles. The molecule has 2 aliphatic rings. The van der Waals surface area contributed by atoms with Crippen molar-refractivity contribution in [3.05, 3.63) is 71.8 Å². The number of hydrogen-bond donors (Lipinski definition) is 1. The number of pyridine rings is 1. The van der Waals surface area contributed by atoms with Gasteiger partial charge in [0.25, 0.3) is 0 Å². The second kappa shape index (κ2) is 8.23. The van der Waals surface area contributed by atoms with E-state index in [9.17, 15) is 9.18 Å². The standard InChI is InChI=1S/C23H26FN3O/c1-16(18-5-7-19(24)8-6-18)27-14-21-20(22(21)15-27)10-12-26-23(28)9-4-17-3-2-11-25-13-17/h2-9,11,13,16,20-22H,10,12,14-15H2,1H3,(H,26,28)/b9-4+/t16?,20?,21-,22+. The zero-order valence-corrected chi connectivity index (χ0v) is 16.1. The summed E-state index contributed by atoms with van der Waals surface area (Å²) in [6.07, 6.45) is 7.83. The van der Waals surface area contributed by atoms with Gasteiger partial charge in [0, 0.05) is 44.1 Å². The summed E-state index contributed by atoms with van der Waals surface area (Å²) < 4.78 is 13.1. The second-order valence-electron chi connectivity index (χ2n) is 7.87. The smallest absolute Gasteiger partial charge is 0.244 e. The van der Waals surface area contributed by atoms with Crippen LogP contribution in [0.4, 0.5) is 4.39 Å². The number of piperidine rings is 1. The lowest BCUT2D eigenvalue weighted by molar-refractivity contribution is -0.116. The molecule has 2 aromatic rings. The SMILES string of the molecule is CC(c1ccc(F)cc1)N1C[C@@H]2C(CCNC(=O)/C=C/c3cccnc3)[C@@H]2C1. The molecule has 0 bridgehead atoms. The molecule has 4 nitrogen and oxygen atoms in total. The number of hydrogen-bond acceptors (Lipinski definition) is 3. The first kappa shape index (κ1) is 18.8. The number of benzene rings is 1. The molecular formula is C23H26FN3O. The topological polar surface area (TPSA) is 45.2 Å². The largest absolute Gasteiger partial charge is 0.353 e. The summed E-state index contributed by atoms with van der Waals surface area (Å²) in [7, 11) is 0. The Balaban J connectivity index is 1.17. The van der Waals surface area contributed by atoms with Gasteiger partial charge in [-0.15, -0.1) is 0 Å². The number of nitrogens with one attached hydrogen (secondary N) is 1. The summed E-state index contributed by atoms with van der Waals surface area (Å²) in [5, 5.41) is 2.98. The van der Waals surface area contributed by atoms with Crippen molar-refractivity contribution >= 4 is 12.0 Å². The van der Waals surface area contributed by atoms with E-state index in [0.29, 0.717) is 6.04 Å². The summed E-state index contributed by atoms with van der Waals surface area (Å²) in [5.41, 5.74) is 2.09. The summed E-state index contributed by atoms with van der Waals surface area (Å²) in [4.78, 5) is 18.5. The summed E-state index contributed by atoms with van der Waals surface area (Å²) in [6.45, 7) is 5.12. The molecule has 0 spiro atoms. The van der Waals surface area contributed by atoms with E-state index < -0.39 is 0 Å². The summed E-state index contributed by atoms with van der Waals surface area (Å²) in [5.74, 6) is 1.97. The first-order chi connectivity index (χ1) is 13.6. The molecule has 2 unspecified atom stereocenters. The van der Waals surface area contributed by atoms with Gasteiger partial charge >= 0.3 is 0 Å². The van der Waals surface area contributed by atoms with Crippen LogP contribution in [0.1, 0.15) is 30.5 Å². The fraction of sp³-hybridized carbons (Fsp3) is 0.391. The Hall–Kier alpha value is -2.53. The number of carbonyl (C=O) groups excluding carboxylic acids is 1. The highest BCUT2D eigenvalue weighted by Crippen LogP contribution is 2.54. The quantitative estimate of drug-likeness (QED) is 0.747. The van der Waals surface area contributed by atoms with Gasteiger partial charge in [-0.3, -0.25) is 14.7 Å². The maximum Gasteiger partial charge on any atom is 0.244 e. The van der Waals surface area contributed by atoms with Crippen molar-refractivity contribution < 1.29 is 9.18 Å². The molecule has 28 heavy (non-hydrogen) atoms. The Kier molecular flexibility index (Phi) is 5.53. The highest BCUT2D eigenvalue weighted by molar-refractivity contribution is 5.91. The van der Waals surface area contributed by atoms with Crippen molar-refractivity contribution in [1.82, 2.24) is 15.2 Å². The van der Waals surface area contributed by atoms with Crippen molar-refractivity contribution in [3.63, 3.8) is 0 Å². The maximum atomic E-state index is 13.1. The number of nitrogens with zero attached hydrogens (tertiary/aromatic N) is 2. The monoisotopic (exact) mass is 379 g/mol. The third-order valence-corrected chi connectivity index (χ3v) is 6.19. The predicted molar refractivity (Wildman–Crippen MR) is 108 cm³/mol. The molecule has 2 heterocycles. The average molecular weight is 379 g/mol. The normalized spacial score (nSPS) is 24.9. The van der Waals surface area contributed by atoms with Crippen LogP contribution in [0.25, 0.3) is 6.08 Å². The molecule has 5 heteroatoms. The van der Waals surface area contributed by atoms with Gasteiger partial charge in [-0.1, -0.05) is 18.2 Å². The van der Waals surface area contributed by atoms with Crippen LogP contribution in [0.15, 0.2) is 54.9 Å². The van der Waals surface area contributed by atoms with Crippen LogP contribution >= 0.6 is 0 Å². The molecule has 1 aromatic heterocycles. The Morgan fingerprint density at radius 3 is 2.71 bits per heavy atom. The van der Waals surface area contributed by atoms with Crippen LogP contribution in [0.2, 0.25) is 0 Å². The Morgan fingerprint density at radius 1 is 1.29 bits per heavy atom. The van der Waals surface area contributed by atoms with E-state index in [1.54, 1.807) is 24.5 Å². The first-order valence-electron chi connectivity index (χ1n) is 9.97. The van der Waals surface area contributed by atoms with E-state index in [0.717, 1.165) is 49.4 Å². The lowest BCUT2D eigenvalue weighted by Crippen LogP contribution is -2.29. The molecule has 2 fully saturated rings. The van der Waals surface area contributed by atoms with E-state index in [1.807, 2.05) is 24.3 Å². The zero-order valence-electron chi connectivity index (χ0n) is 16.1. The number of fused-ring (bicyclic) bond motifs is 1. The van der Waals surface area contributed by atoms with Crippen LogP contribution in [0, 0.1) is 23.6 Å². The highest BCUT2D eigenvalue weighted by atomic mass is 19.1. The molecule has 1 aromatic carbocycles. The van der Waals surface area contributed by atoms with Crippen molar-refractivity contribution in [2.24, 2.45) is 17.8 Å². The lowest BCUT2D eigenvalue weighted by atomic mass is 10.1. The van der Waals surface area contributed by atoms with Crippen molar-refractivity contribution in [3.8, 4) is 0 Å². The number of aromatic nitrogens is 1. The number of likely N-dealkylation sites (tertiary alicyclic amines) is 1. The van der Waals surface area contributed by atoms with E-state index in [4.69, 9.17) is 0 Å².